The molecule has 0 saturated carbocycles. The van der Waals surface area contributed by atoms with Gasteiger partial charge in [0, 0.05) is 0 Å². The summed E-state index contributed by atoms with van der Waals surface area (Å²) in [5.74, 6) is 0. The molecule has 1 unspecified atom stereocenters. The second-order valence-corrected chi connectivity index (χ2v) is 2.52. The molecule has 0 aromatic rings. The van der Waals surface area contributed by atoms with E-state index in [4.69, 9.17) is 0 Å². The van der Waals surface area contributed by atoms with Gasteiger partial charge in [-0.25, -0.2) is 0 Å². The van der Waals surface area contributed by atoms with Gasteiger partial charge in [-0.05, 0) is 25.0 Å². The van der Waals surface area contributed by atoms with Gasteiger partial charge in [0.15, 0.2) is 0 Å². The first-order valence-corrected chi connectivity index (χ1v) is 3.78. The summed E-state index contributed by atoms with van der Waals surface area (Å²) in [5, 5.41) is 9.67. The molecule has 0 aliphatic carbocycles. The Labute approximate surface area is 72.9 Å². The molecule has 0 spiro atoms. The molecule has 0 heterocycles. The summed E-state index contributed by atoms with van der Waals surface area (Å²) < 4.78 is 0. The van der Waals surface area contributed by atoms with Crippen molar-refractivity contribution in [3.63, 3.8) is 0 Å². The summed E-state index contributed by atoms with van der Waals surface area (Å²) in [4.78, 5) is 9.99. The van der Waals surface area contributed by atoms with Gasteiger partial charge in [-0.2, -0.15) is 0 Å². The SMILES string of the molecule is C=CCCC(O)(C=C)/C=C/C=O. The fourth-order valence-electron chi connectivity index (χ4n) is 0.793. The molecular formula is C10H14O2. The maximum Gasteiger partial charge on any atom is 0.142 e. The average Bonchev–Trinajstić information content (AvgIpc) is 2.11. The lowest BCUT2D eigenvalue weighted by Gasteiger charge is -2.18. The first-order chi connectivity index (χ1) is 5.68. The van der Waals surface area contributed by atoms with Crippen LogP contribution in [0.3, 0.4) is 0 Å². The fourth-order valence-corrected chi connectivity index (χ4v) is 0.793. The zero-order valence-corrected chi connectivity index (χ0v) is 7.07. The van der Waals surface area contributed by atoms with Crippen LogP contribution in [0.2, 0.25) is 0 Å². The van der Waals surface area contributed by atoms with E-state index in [9.17, 15) is 9.90 Å². The minimum atomic E-state index is -1.07. The number of hydrogen-bond acceptors (Lipinski definition) is 2. The largest absolute Gasteiger partial charge is 0.382 e. The van der Waals surface area contributed by atoms with Crippen LogP contribution < -0.4 is 0 Å². The van der Waals surface area contributed by atoms with E-state index in [2.05, 4.69) is 13.2 Å². The van der Waals surface area contributed by atoms with Gasteiger partial charge in [0.05, 0.1) is 0 Å². The van der Waals surface area contributed by atoms with Crippen LogP contribution in [0.4, 0.5) is 0 Å². The van der Waals surface area contributed by atoms with E-state index in [-0.39, 0.29) is 0 Å². The van der Waals surface area contributed by atoms with Gasteiger partial charge in [-0.1, -0.05) is 18.7 Å². The van der Waals surface area contributed by atoms with Crippen molar-refractivity contribution in [2.75, 3.05) is 0 Å². The number of rotatable bonds is 6. The van der Waals surface area contributed by atoms with Crippen LogP contribution in [0.5, 0.6) is 0 Å². The topological polar surface area (TPSA) is 37.3 Å². The molecule has 0 aromatic carbocycles. The summed E-state index contributed by atoms with van der Waals surface area (Å²) in [6.07, 6.45) is 7.64. The van der Waals surface area contributed by atoms with Crippen LogP contribution in [0.25, 0.3) is 0 Å². The van der Waals surface area contributed by atoms with Gasteiger partial charge in [0.2, 0.25) is 0 Å². The third kappa shape index (κ3) is 3.88. The van der Waals surface area contributed by atoms with E-state index in [1.165, 1.54) is 18.2 Å². The Morgan fingerprint density at radius 3 is 2.50 bits per heavy atom. The van der Waals surface area contributed by atoms with Crippen molar-refractivity contribution in [1.29, 1.82) is 0 Å². The molecular weight excluding hydrogens is 152 g/mol. The Hall–Kier alpha value is -1.15. The Bertz CT molecular complexity index is 194. The Morgan fingerprint density at radius 2 is 2.08 bits per heavy atom. The van der Waals surface area contributed by atoms with Gasteiger partial charge >= 0.3 is 0 Å². The summed E-state index contributed by atoms with van der Waals surface area (Å²) in [6.45, 7) is 7.03. The van der Waals surface area contributed by atoms with Gasteiger partial charge < -0.3 is 5.11 Å². The third-order valence-electron chi connectivity index (χ3n) is 1.57. The van der Waals surface area contributed by atoms with E-state index in [0.717, 1.165) is 0 Å². The summed E-state index contributed by atoms with van der Waals surface area (Å²) in [7, 11) is 0. The number of allylic oxidation sites excluding steroid dienone is 2. The summed E-state index contributed by atoms with van der Waals surface area (Å²) >= 11 is 0. The molecule has 0 aliphatic heterocycles. The van der Waals surface area contributed by atoms with Crippen molar-refractivity contribution >= 4 is 6.29 Å². The Morgan fingerprint density at radius 1 is 1.42 bits per heavy atom. The van der Waals surface area contributed by atoms with Crippen LogP contribution in [-0.4, -0.2) is 17.0 Å². The molecule has 0 aromatic heterocycles. The van der Waals surface area contributed by atoms with Gasteiger partial charge in [-0.3, -0.25) is 4.79 Å². The van der Waals surface area contributed by atoms with E-state index in [1.54, 1.807) is 6.08 Å². The van der Waals surface area contributed by atoms with Crippen molar-refractivity contribution in [3.05, 3.63) is 37.5 Å². The zero-order chi connectivity index (χ0) is 9.45. The minimum Gasteiger partial charge on any atom is -0.382 e. The lowest BCUT2D eigenvalue weighted by atomic mass is 9.97. The Kier molecular flexibility index (Phi) is 4.97. The highest BCUT2D eigenvalue weighted by Gasteiger charge is 2.16. The summed E-state index contributed by atoms with van der Waals surface area (Å²) in [6, 6.07) is 0. The molecule has 0 fully saturated rings. The first-order valence-electron chi connectivity index (χ1n) is 3.78. The van der Waals surface area contributed by atoms with Gasteiger partial charge in [-0.15, -0.1) is 6.58 Å². The predicted molar refractivity (Wildman–Crippen MR) is 49.8 cm³/mol. The first kappa shape index (κ1) is 10.8. The van der Waals surface area contributed by atoms with Gasteiger partial charge in [0.1, 0.15) is 11.9 Å². The highest BCUT2D eigenvalue weighted by Crippen LogP contribution is 2.15. The molecule has 0 aliphatic rings. The highest BCUT2D eigenvalue weighted by atomic mass is 16.3. The molecule has 0 amide bonds. The smallest absolute Gasteiger partial charge is 0.142 e. The average molecular weight is 166 g/mol. The number of carbonyl (C=O) groups is 1. The monoisotopic (exact) mass is 166 g/mol. The van der Waals surface area contributed by atoms with Crippen molar-refractivity contribution in [2.45, 2.75) is 18.4 Å². The lowest BCUT2D eigenvalue weighted by Crippen LogP contribution is -2.21. The molecule has 0 bridgehead atoms. The quantitative estimate of drug-likeness (QED) is 0.370. The van der Waals surface area contributed by atoms with Gasteiger partial charge in [0.25, 0.3) is 0 Å². The minimum absolute atomic E-state index is 0.504. The lowest BCUT2D eigenvalue weighted by molar-refractivity contribution is -0.104. The zero-order valence-electron chi connectivity index (χ0n) is 7.07. The summed E-state index contributed by atoms with van der Waals surface area (Å²) in [5.41, 5.74) is -1.07. The third-order valence-corrected chi connectivity index (χ3v) is 1.57. The second kappa shape index (κ2) is 5.49. The van der Waals surface area contributed by atoms with Crippen molar-refractivity contribution in [2.24, 2.45) is 0 Å². The maximum absolute atomic E-state index is 9.99. The molecule has 12 heavy (non-hydrogen) atoms. The van der Waals surface area contributed by atoms with E-state index in [0.29, 0.717) is 19.1 Å². The predicted octanol–water partition coefficient (Wildman–Crippen LogP) is 1.62. The molecule has 1 N–H and O–H groups in total. The molecule has 0 rings (SSSR count). The second-order valence-electron chi connectivity index (χ2n) is 2.52. The fraction of sp³-hybridized carbons (Fsp3) is 0.300. The van der Waals surface area contributed by atoms with Crippen LogP contribution in [-0.2, 0) is 4.79 Å². The molecule has 66 valence electrons. The number of hydrogen-bond donors (Lipinski definition) is 1. The van der Waals surface area contributed by atoms with Crippen LogP contribution >= 0.6 is 0 Å². The standard InChI is InChI=1S/C10H14O2/c1-3-5-7-10(12,4-2)8-6-9-11/h3-4,6,8-9,12H,1-2,5,7H2/b8-6+. The molecule has 0 radical (unpaired) electrons. The molecule has 2 nitrogen and oxygen atoms in total. The Balaban J connectivity index is 4.21. The maximum atomic E-state index is 9.99. The normalized spacial score (nSPS) is 15.4. The van der Waals surface area contributed by atoms with Crippen LogP contribution in [0.1, 0.15) is 12.8 Å². The number of aldehydes is 1. The molecule has 1 atom stereocenters. The van der Waals surface area contributed by atoms with Crippen LogP contribution in [0.15, 0.2) is 37.5 Å². The van der Waals surface area contributed by atoms with E-state index < -0.39 is 5.60 Å². The van der Waals surface area contributed by atoms with E-state index in [1.807, 2.05) is 0 Å². The number of aliphatic hydroxyl groups is 1. The number of carbonyl (C=O) groups excluding carboxylic acids is 1. The van der Waals surface area contributed by atoms with Crippen molar-refractivity contribution in [1.82, 2.24) is 0 Å². The highest BCUT2D eigenvalue weighted by molar-refractivity contribution is 5.65. The van der Waals surface area contributed by atoms with Crippen molar-refractivity contribution in [3.8, 4) is 0 Å². The van der Waals surface area contributed by atoms with Crippen LogP contribution in [0, 0.1) is 0 Å². The van der Waals surface area contributed by atoms with E-state index >= 15 is 0 Å². The molecule has 2 heteroatoms. The van der Waals surface area contributed by atoms with Crippen molar-refractivity contribution < 1.29 is 9.90 Å². The molecule has 0 saturated heterocycles.